The Hall–Kier alpha value is -2.57. The molecule has 0 saturated carbocycles. The highest BCUT2D eigenvalue weighted by atomic mass is 79.9. The van der Waals surface area contributed by atoms with Gasteiger partial charge in [0, 0.05) is 21.5 Å². The summed E-state index contributed by atoms with van der Waals surface area (Å²) in [6, 6.07) is 11.9. The van der Waals surface area contributed by atoms with Crippen molar-refractivity contribution in [3.05, 3.63) is 79.1 Å². The lowest BCUT2D eigenvalue weighted by molar-refractivity contribution is -0.138. The Morgan fingerprint density at radius 2 is 2.07 bits per heavy atom. The molecule has 7 heteroatoms. The number of carbonyl (C=O) groups is 1. The molecule has 2 aromatic carbocycles. The average Bonchev–Trinajstić information content (AvgIpc) is 2.65. The molecule has 0 aliphatic carbocycles. The largest absolute Gasteiger partial charge is 0.507 e. The molecular weight excluding hydrogens is 448 g/mol. The van der Waals surface area contributed by atoms with Gasteiger partial charge in [0.15, 0.2) is 0 Å². The molecule has 5 nitrogen and oxygen atoms in total. The highest BCUT2D eigenvalue weighted by Crippen LogP contribution is 2.30. The summed E-state index contributed by atoms with van der Waals surface area (Å²) in [4.78, 5) is 24.9. The number of rotatable bonds is 5. The van der Waals surface area contributed by atoms with Gasteiger partial charge >= 0.3 is 11.6 Å². The average molecular weight is 464 g/mol. The van der Waals surface area contributed by atoms with Gasteiger partial charge < -0.3 is 14.3 Å². The molecule has 144 valence electrons. The van der Waals surface area contributed by atoms with Crippen LogP contribution in [0.15, 0.2) is 61.7 Å². The number of ether oxygens (including phenoxy) is 1. The third kappa shape index (κ3) is 4.46. The van der Waals surface area contributed by atoms with Crippen LogP contribution >= 0.6 is 27.5 Å². The van der Waals surface area contributed by atoms with Gasteiger partial charge in [-0.2, -0.15) is 0 Å². The van der Waals surface area contributed by atoms with Gasteiger partial charge in [-0.1, -0.05) is 39.7 Å². The quantitative estimate of drug-likeness (QED) is 0.323. The van der Waals surface area contributed by atoms with Crippen LogP contribution in [-0.4, -0.2) is 17.7 Å². The molecule has 0 bridgehead atoms. The van der Waals surface area contributed by atoms with Crippen molar-refractivity contribution in [2.24, 2.45) is 0 Å². The molecule has 0 radical (unpaired) electrons. The zero-order valence-electron chi connectivity index (χ0n) is 14.9. The van der Waals surface area contributed by atoms with Gasteiger partial charge in [-0.3, -0.25) is 0 Å². The van der Waals surface area contributed by atoms with Crippen LogP contribution in [0.25, 0.3) is 17.0 Å². The summed E-state index contributed by atoms with van der Waals surface area (Å²) in [5.74, 6) is -0.842. The molecule has 0 spiro atoms. The van der Waals surface area contributed by atoms with Crippen molar-refractivity contribution < 1.29 is 19.1 Å². The molecule has 0 aliphatic heterocycles. The van der Waals surface area contributed by atoms with E-state index in [-0.39, 0.29) is 35.5 Å². The number of fused-ring (bicyclic) bond motifs is 1. The third-order valence-corrected chi connectivity index (χ3v) is 4.75. The fraction of sp³-hybridized carbons (Fsp3) is 0.143. The Morgan fingerprint density at radius 3 is 2.79 bits per heavy atom. The van der Waals surface area contributed by atoms with Gasteiger partial charge in [-0.25, -0.2) is 9.59 Å². The van der Waals surface area contributed by atoms with Crippen molar-refractivity contribution in [1.29, 1.82) is 0 Å². The summed E-state index contributed by atoms with van der Waals surface area (Å²) in [5.41, 5.74) is 0.402. The van der Waals surface area contributed by atoms with E-state index in [1.54, 1.807) is 19.1 Å². The van der Waals surface area contributed by atoms with E-state index in [1.165, 1.54) is 12.1 Å². The van der Waals surface area contributed by atoms with Gasteiger partial charge in [0.2, 0.25) is 0 Å². The minimum atomic E-state index is -0.725. The maximum atomic E-state index is 12.4. The van der Waals surface area contributed by atoms with Crippen LogP contribution in [0, 0.1) is 0 Å². The van der Waals surface area contributed by atoms with Crippen molar-refractivity contribution in [3.8, 4) is 5.75 Å². The number of halogens is 2. The molecule has 0 atom stereocenters. The van der Waals surface area contributed by atoms with Crippen molar-refractivity contribution in [2.75, 3.05) is 6.61 Å². The molecule has 0 saturated heterocycles. The molecule has 0 amide bonds. The van der Waals surface area contributed by atoms with Gasteiger partial charge in [0.1, 0.15) is 11.3 Å². The number of carbonyl (C=O) groups excluding carboxylic acids is 1. The van der Waals surface area contributed by atoms with Gasteiger partial charge in [0.05, 0.1) is 17.6 Å². The lowest BCUT2D eigenvalue weighted by Gasteiger charge is -2.10. The molecule has 0 aliphatic rings. The van der Waals surface area contributed by atoms with E-state index < -0.39 is 11.6 Å². The Labute approximate surface area is 174 Å². The van der Waals surface area contributed by atoms with E-state index in [4.69, 9.17) is 20.8 Å². The van der Waals surface area contributed by atoms with Crippen LogP contribution in [0.1, 0.15) is 18.1 Å². The number of hydrogen-bond donors (Lipinski definition) is 1. The topological polar surface area (TPSA) is 76.7 Å². The minimum Gasteiger partial charge on any atom is -0.507 e. The summed E-state index contributed by atoms with van der Waals surface area (Å²) < 4.78 is 11.2. The van der Waals surface area contributed by atoms with Gasteiger partial charge in [-0.05, 0) is 48.9 Å². The van der Waals surface area contributed by atoms with E-state index in [2.05, 4.69) is 15.9 Å². The van der Waals surface area contributed by atoms with Crippen molar-refractivity contribution in [3.63, 3.8) is 0 Å². The van der Waals surface area contributed by atoms with Crippen molar-refractivity contribution in [2.45, 2.75) is 13.3 Å². The number of aromatic hydroxyl groups is 1. The summed E-state index contributed by atoms with van der Waals surface area (Å²) in [7, 11) is 0. The Kier molecular flexibility index (Phi) is 6.21. The summed E-state index contributed by atoms with van der Waals surface area (Å²) in [5, 5.41) is 11.3. The number of esters is 1. The van der Waals surface area contributed by atoms with Crippen LogP contribution in [0.5, 0.6) is 5.75 Å². The molecule has 0 unspecified atom stereocenters. The minimum absolute atomic E-state index is 0.0379. The summed E-state index contributed by atoms with van der Waals surface area (Å²) >= 11 is 9.36. The van der Waals surface area contributed by atoms with Crippen LogP contribution in [0.3, 0.4) is 0 Å². The third-order valence-electron chi connectivity index (χ3n) is 4.03. The zero-order chi connectivity index (χ0) is 20.3. The van der Waals surface area contributed by atoms with Gasteiger partial charge in [0.25, 0.3) is 0 Å². The molecule has 28 heavy (non-hydrogen) atoms. The second-order valence-electron chi connectivity index (χ2n) is 5.98. The monoisotopic (exact) mass is 462 g/mol. The first-order valence-corrected chi connectivity index (χ1v) is 9.63. The smallest absolute Gasteiger partial charge is 0.343 e. The van der Waals surface area contributed by atoms with Crippen molar-refractivity contribution >= 4 is 50.5 Å². The zero-order valence-corrected chi connectivity index (χ0v) is 17.2. The molecule has 1 aromatic heterocycles. The predicted octanol–water partition coefficient (Wildman–Crippen LogP) is 5.10. The molecule has 3 rings (SSSR count). The first-order chi connectivity index (χ1) is 13.4. The van der Waals surface area contributed by atoms with E-state index in [9.17, 15) is 14.7 Å². The van der Waals surface area contributed by atoms with Crippen LogP contribution in [-0.2, 0) is 16.0 Å². The fourth-order valence-corrected chi connectivity index (χ4v) is 3.34. The van der Waals surface area contributed by atoms with E-state index in [0.717, 1.165) is 10.0 Å². The molecule has 3 aromatic rings. The van der Waals surface area contributed by atoms with E-state index >= 15 is 0 Å². The first kappa shape index (κ1) is 20.2. The summed E-state index contributed by atoms with van der Waals surface area (Å²) in [6.07, 6.45) is 1.46. The first-order valence-electron chi connectivity index (χ1n) is 8.46. The fourth-order valence-electron chi connectivity index (χ4n) is 2.75. The van der Waals surface area contributed by atoms with Crippen molar-refractivity contribution in [1.82, 2.24) is 0 Å². The standard InChI is InChI=1S/C21H16BrClO5/c1-2-27-20(25)13(8-12-4-3-5-14(22)9-12)10-17-19(24)16-11-15(23)6-7-18(16)28-21(17)26/h3-9,11,24H,2,10H2,1H3/b13-8+. The Balaban J connectivity index is 2.10. The lowest BCUT2D eigenvalue weighted by Crippen LogP contribution is -2.15. The molecule has 1 N–H and O–H groups in total. The van der Waals surface area contributed by atoms with Gasteiger partial charge in [-0.15, -0.1) is 0 Å². The van der Waals surface area contributed by atoms with Crippen LogP contribution in [0.2, 0.25) is 5.02 Å². The number of benzene rings is 2. The Morgan fingerprint density at radius 1 is 1.29 bits per heavy atom. The maximum Gasteiger partial charge on any atom is 0.343 e. The summed E-state index contributed by atoms with van der Waals surface area (Å²) in [6.45, 7) is 1.88. The van der Waals surface area contributed by atoms with Crippen LogP contribution in [0.4, 0.5) is 0 Å². The predicted molar refractivity (Wildman–Crippen MR) is 112 cm³/mol. The van der Waals surface area contributed by atoms with Crippen LogP contribution < -0.4 is 5.63 Å². The lowest BCUT2D eigenvalue weighted by atomic mass is 10.0. The highest BCUT2D eigenvalue weighted by Gasteiger charge is 2.20. The number of hydrogen-bond acceptors (Lipinski definition) is 5. The molecular formula is C21H16BrClO5. The maximum absolute atomic E-state index is 12.4. The van der Waals surface area contributed by atoms with E-state index in [0.29, 0.717) is 10.4 Å². The highest BCUT2D eigenvalue weighted by molar-refractivity contribution is 9.10. The Bertz CT molecular complexity index is 1130. The molecule has 1 heterocycles. The SMILES string of the molecule is CCOC(=O)/C(=C/c1cccc(Br)c1)Cc1c(O)c2cc(Cl)ccc2oc1=O. The molecule has 0 fully saturated rings. The normalized spacial score (nSPS) is 11.6. The second-order valence-corrected chi connectivity index (χ2v) is 7.33. The van der Waals surface area contributed by atoms with E-state index in [1.807, 2.05) is 24.3 Å². The second kappa shape index (κ2) is 8.63.